The number of hydrogen-bond acceptors (Lipinski definition) is 1. The Bertz CT molecular complexity index is 311. The number of likely N-dealkylation sites (tertiary alicyclic amines) is 1. The van der Waals surface area contributed by atoms with E-state index in [9.17, 15) is 0 Å². The zero-order valence-electron chi connectivity index (χ0n) is 8.62. The van der Waals surface area contributed by atoms with E-state index >= 15 is 0 Å². The molecule has 0 spiro atoms. The summed E-state index contributed by atoms with van der Waals surface area (Å²) >= 11 is 0. The van der Waals surface area contributed by atoms with Crippen LogP contribution in [0.25, 0.3) is 0 Å². The summed E-state index contributed by atoms with van der Waals surface area (Å²) in [5.41, 5.74) is 1.21. The van der Waals surface area contributed by atoms with Gasteiger partial charge in [-0.05, 0) is 18.6 Å². The largest absolute Gasteiger partial charge is 0.484 e. The number of quaternary nitrogens is 1. The van der Waals surface area contributed by atoms with E-state index in [1.165, 1.54) is 10.5 Å². The summed E-state index contributed by atoms with van der Waals surface area (Å²) in [5.74, 6) is 1.02. The molecule has 1 aromatic rings. The first-order valence-corrected chi connectivity index (χ1v) is 5.14. The Labute approximate surface area is 85.5 Å². The van der Waals surface area contributed by atoms with Crippen LogP contribution in [0.2, 0.25) is 0 Å². The predicted molar refractivity (Wildman–Crippen MR) is 56.3 cm³/mol. The quantitative estimate of drug-likeness (QED) is 0.683. The summed E-state index contributed by atoms with van der Waals surface area (Å²) in [6.45, 7) is 4.23. The van der Waals surface area contributed by atoms with Crippen LogP contribution in [0.1, 0.15) is 12.0 Å². The van der Waals surface area contributed by atoms with Gasteiger partial charge in [-0.1, -0.05) is 18.2 Å². The van der Waals surface area contributed by atoms with Crippen molar-refractivity contribution in [1.29, 1.82) is 0 Å². The summed E-state index contributed by atoms with van der Waals surface area (Å²) < 4.78 is 5.92. The second-order valence-electron chi connectivity index (χ2n) is 4.00. The molecule has 0 aliphatic carbocycles. The van der Waals surface area contributed by atoms with Crippen LogP contribution >= 0.6 is 0 Å². The molecule has 1 saturated heterocycles. The lowest BCUT2D eigenvalue weighted by Gasteiger charge is -2.15. The van der Waals surface area contributed by atoms with Crippen LogP contribution in [0.15, 0.2) is 24.3 Å². The Kier molecular flexibility index (Phi) is 2.73. The van der Waals surface area contributed by atoms with E-state index in [4.69, 9.17) is 4.74 Å². The van der Waals surface area contributed by atoms with Crippen LogP contribution in [0.4, 0.5) is 0 Å². The first-order chi connectivity index (χ1) is 6.75. The lowest BCUT2D eigenvalue weighted by atomic mass is 10.2. The Morgan fingerprint density at radius 3 is 2.86 bits per heavy atom. The highest BCUT2D eigenvalue weighted by molar-refractivity contribution is 5.31. The number of hydrogen-bond donors (Lipinski definition) is 1. The third-order valence-corrected chi connectivity index (χ3v) is 2.72. The van der Waals surface area contributed by atoms with Crippen LogP contribution in [-0.2, 0) is 0 Å². The van der Waals surface area contributed by atoms with E-state index < -0.39 is 0 Å². The van der Waals surface area contributed by atoms with Gasteiger partial charge in [-0.15, -0.1) is 0 Å². The molecule has 2 heteroatoms. The van der Waals surface area contributed by atoms with E-state index in [0.29, 0.717) is 6.10 Å². The molecule has 0 saturated carbocycles. The van der Waals surface area contributed by atoms with Gasteiger partial charge >= 0.3 is 0 Å². The van der Waals surface area contributed by atoms with Crippen LogP contribution in [0.3, 0.4) is 0 Å². The summed E-state index contributed by atoms with van der Waals surface area (Å²) in [6.07, 6.45) is 1.47. The first kappa shape index (κ1) is 9.53. The molecule has 1 fully saturated rings. The average Bonchev–Trinajstić information content (AvgIpc) is 2.56. The van der Waals surface area contributed by atoms with E-state index in [1.54, 1.807) is 0 Å². The van der Waals surface area contributed by atoms with Crippen molar-refractivity contribution in [3.8, 4) is 5.75 Å². The normalized spacial score (nSPS) is 26.4. The van der Waals surface area contributed by atoms with E-state index in [-0.39, 0.29) is 0 Å². The lowest BCUT2D eigenvalue weighted by molar-refractivity contribution is -0.841. The molecule has 2 rings (SSSR count). The molecule has 14 heavy (non-hydrogen) atoms. The highest BCUT2D eigenvalue weighted by Crippen LogP contribution is 2.18. The average molecular weight is 191 g/mol. The number of aryl methyl sites for hydroxylation is 1. The molecule has 1 aromatic carbocycles. The monoisotopic (exact) mass is 191 g/mol. The Hall–Kier alpha value is -1.02. The van der Waals surface area contributed by atoms with E-state index in [2.05, 4.69) is 20.0 Å². The molecule has 1 N–H and O–H groups in total. The third-order valence-electron chi connectivity index (χ3n) is 2.72. The smallest absolute Gasteiger partial charge is 0.150 e. The second-order valence-corrected chi connectivity index (χ2v) is 4.00. The molecule has 0 aromatic heterocycles. The molecule has 2 atom stereocenters. The van der Waals surface area contributed by atoms with E-state index in [0.717, 1.165) is 25.3 Å². The maximum absolute atomic E-state index is 5.92. The summed E-state index contributed by atoms with van der Waals surface area (Å²) in [7, 11) is 3.99. The van der Waals surface area contributed by atoms with Crippen molar-refractivity contribution >= 4 is 0 Å². The van der Waals surface area contributed by atoms with Crippen molar-refractivity contribution in [2.24, 2.45) is 0 Å². The molecule has 0 bridgehead atoms. The molecule has 1 heterocycles. The van der Waals surface area contributed by atoms with Crippen LogP contribution < -0.4 is 9.64 Å². The van der Waals surface area contributed by atoms with Crippen molar-refractivity contribution in [3.05, 3.63) is 36.9 Å². The van der Waals surface area contributed by atoms with Crippen molar-refractivity contribution in [2.75, 3.05) is 13.1 Å². The highest BCUT2D eigenvalue weighted by Gasteiger charge is 2.21. The molecule has 2 unspecified atom stereocenters. The van der Waals surface area contributed by atoms with Gasteiger partial charge in [-0.2, -0.15) is 7.05 Å². The van der Waals surface area contributed by atoms with Crippen LogP contribution in [0.5, 0.6) is 5.75 Å². The minimum atomic E-state index is 0.351. The SMILES string of the molecule is [CH2-][NH+]1CCC(Oc2ccccc2C)C1. The van der Waals surface area contributed by atoms with Crippen molar-refractivity contribution in [3.63, 3.8) is 0 Å². The molecule has 1 aliphatic rings. The molecular formula is C12H17NO. The molecule has 1 aliphatic heterocycles. The predicted octanol–water partition coefficient (Wildman–Crippen LogP) is 0.823. The maximum Gasteiger partial charge on any atom is 0.150 e. The highest BCUT2D eigenvalue weighted by atomic mass is 16.5. The van der Waals surface area contributed by atoms with Gasteiger partial charge in [0, 0.05) is 6.42 Å². The van der Waals surface area contributed by atoms with Crippen LogP contribution in [0, 0.1) is 14.0 Å². The molecule has 0 amide bonds. The Morgan fingerprint density at radius 1 is 1.43 bits per heavy atom. The van der Waals surface area contributed by atoms with Gasteiger partial charge in [0.25, 0.3) is 0 Å². The van der Waals surface area contributed by atoms with E-state index in [1.807, 2.05) is 18.2 Å². The molecule has 2 nitrogen and oxygen atoms in total. The fraction of sp³-hybridized carbons (Fsp3) is 0.417. The number of ether oxygens (including phenoxy) is 1. The molecule has 76 valence electrons. The lowest BCUT2D eigenvalue weighted by Crippen LogP contribution is -3.05. The number of para-hydroxylation sites is 1. The van der Waals surface area contributed by atoms with Gasteiger partial charge in [-0.3, -0.25) is 0 Å². The first-order valence-electron chi connectivity index (χ1n) is 5.14. The Morgan fingerprint density at radius 2 is 2.21 bits per heavy atom. The Balaban J connectivity index is 2.01. The zero-order chi connectivity index (χ0) is 9.97. The maximum atomic E-state index is 5.92. The fourth-order valence-electron chi connectivity index (χ4n) is 1.86. The topological polar surface area (TPSA) is 13.7 Å². The van der Waals surface area contributed by atoms with Gasteiger partial charge < -0.3 is 9.64 Å². The van der Waals surface area contributed by atoms with Gasteiger partial charge in [0.15, 0.2) is 6.10 Å². The number of nitrogens with one attached hydrogen (secondary N) is 1. The molecule has 0 radical (unpaired) electrons. The number of rotatable bonds is 2. The zero-order valence-corrected chi connectivity index (χ0v) is 8.62. The second kappa shape index (κ2) is 4.01. The fourth-order valence-corrected chi connectivity index (χ4v) is 1.86. The van der Waals surface area contributed by atoms with Crippen LogP contribution in [-0.4, -0.2) is 19.2 Å². The summed E-state index contributed by atoms with van der Waals surface area (Å²) in [6, 6.07) is 8.18. The van der Waals surface area contributed by atoms with Crippen molar-refractivity contribution in [2.45, 2.75) is 19.4 Å². The van der Waals surface area contributed by atoms with Crippen molar-refractivity contribution in [1.82, 2.24) is 0 Å². The standard InChI is InChI=1S/C12H17NO/c1-10-5-3-4-6-12(10)14-11-7-8-13(2)9-11/h3-6,11,13H,2,7-9H2,1H3. The van der Waals surface area contributed by atoms with Gasteiger partial charge in [0.05, 0.1) is 13.1 Å². The number of benzene rings is 1. The summed E-state index contributed by atoms with van der Waals surface area (Å²) in [5, 5.41) is 0. The minimum absolute atomic E-state index is 0.351. The molecular weight excluding hydrogens is 174 g/mol. The van der Waals surface area contributed by atoms with Gasteiger partial charge in [0.2, 0.25) is 0 Å². The van der Waals surface area contributed by atoms with Gasteiger partial charge in [0.1, 0.15) is 5.75 Å². The third kappa shape index (κ3) is 2.07. The van der Waals surface area contributed by atoms with Crippen molar-refractivity contribution < 1.29 is 9.64 Å². The minimum Gasteiger partial charge on any atom is -0.484 e. The van der Waals surface area contributed by atoms with Gasteiger partial charge in [-0.25, -0.2) is 0 Å². The summed E-state index contributed by atoms with van der Waals surface area (Å²) in [4.78, 5) is 1.32.